The summed E-state index contributed by atoms with van der Waals surface area (Å²) in [6.45, 7) is 6.33. The number of piperidine rings is 1. The number of nitrogens with zero attached hydrogens (tertiary/aromatic N) is 3. The monoisotopic (exact) mass is 501 g/mol. The first kappa shape index (κ1) is 26.1. The Labute approximate surface area is 210 Å². The van der Waals surface area contributed by atoms with Crippen molar-refractivity contribution in [3.8, 4) is 0 Å². The van der Waals surface area contributed by atoms with E-state index in [4.69, 9.17) is 4.74 Å². The van der Waals surface area contributed by atoms with E-state index in [2.05, 4.69) is 22.2 Å². The van der Waals surface area contributed by atoms with E-state index in [0.717, 1.165) is 25.7 Å². The Balaban J connectivity index is 1.48. The minimum Gasteiger partial charge on any atom is -0.378 e. The normalized spacial score (nSPS) is 20.2. The maximum atomic E-state index is 14.1. The summed E-state index contributed by atoms with van der Waals surface area (Å²) in [5, 5.41) is 2.83. The number of Topliss-reactive ketones (excluding diaryl/α,β-unsaturated/α-hetero) is 1. The highest BCUT2D eigenvalue weighted by molar-refractivity contribution is 5.93. The average Bonchev–Trinajstić information content (AvgIpc) is 3.34. The number of H-pyrrole nitrogens is 1. The third-order valence-electron chi connectivity index (χ3n) is 7.24. The zero-order valence-electron chi connectivity index (χ0n) is 21.1. The van der Waals surface area contributed by atoms with Crippen molar-refractivity contribution < 1.29 is 23.5 Å². The summed E-state index contributed by atoms with van der Waals surface area (Å²) in [7, 11) is 0. The first-order chi connectivity index (χ1) is 17.4. The molecule has 2 fully saturated rings. The molecule has 2 saturated heterocycles. The van der Waals surface area contributed by atoms with Gasteiger partial charge in [0.25, 0.3) is 0 Å². The molecule has 196 valence electrons. The van der Waals surface area contributed by atoms with Gasteiger partial charge in [0.05, 0.1) is 31.2 Å². The number of imidazole rings is 1. The van der Waals surface area contributed by atoms with Crippen LogP contribution in [0.1, 0.15) is 64.1 Å². The number of ether oxygens (including phenoxy) is 1. The lowest BCUT2D eigenvalue weighted by Crippen LogP contribution is -2.53. The molecule has 0 aliphatic carbocycles. The molecule has 2 aliphatic heterocycles. The van der Waals surface area contributed by atoms with Crippen molar-refractivity contribution in [2.75, 3.05) is 32.8 Å². The van der Waals surface area contributed by atoms with E-state index in [9.17, 15) is 18.8 Å². The molecule has 1 aromatic heterocycles. The third-order valence-corrected chi connectivity index (χ3v) is 7.24. The molecule has 0 radical (unpaired) electrons. The molecule has 2 aromatic rings. The predicted octanol–water partition coefficient (Wildman–Crippen LogP) is 3.36. The summed E-state index contributed by atoms with van der Waals surface area (Å²) < 4.78 is 19.4. The highest BCUT2D eigenvalue weighted by Gasteiger charge is 2.32. The first-order valence-corrected chi connectivity index (χ1v) is 13.0. The predicted molar refractivity (Wildman–Crippen MR) is 133 cm³/mol. The second kappa shape index (κ2) is 11.8. The molecule has 0 saturated carbocycles. The molecule has 1 aromatic carbocycles. The van der Waals surface area contributed by atoms with Gasteiger partial charge in [-0.2, -0.15) is 0 Å². The van der Waals surface area contributed by atoms with E-state index in [1.54, 1.807) is 17.0 Å². The second-order valence-corrected chi connectivity index (χ2v) is 9.78. The lowest BCUT2D eigenvalue weighted by molar-refractivity contribution is -0.137. The Morgan fingerprint density at radius 3 is 2.69 bits per heavy atom. The smallest absolute Gasteiger partial charge is 0.318 e. The zero-order valence-corrected chi connectivity index (χ0v) is 21.1. The molecule has 10 heteroatoms. The molecule has 2 aliphatic rings. The number of rotatable bonds is 8. The van der Waals surface area contributed by atoms with Gasteiger partial charge in [-0.1, -0.05) is 19.9 Å². The number of morpholine rings is 1. The quantitative estimate of drug-likeness (QED) is 0.577. The number of para-hydroxylation sites is 1. The van der Waals surface area contributed by atoms with Crippen LogP contribution in [0.25, 0.3) is 11.0 Å². The largest absolute Gasteiger partial charge is 0.378 e. The topological polar surface area (TPSA) is 108 Å². The number of carbonyl (C=O) groups excluding carboxylic acids is 3. The molecule has 9 nitrogen and oxygen atoms in total. The Hall–Kier alpha value is -3.01. The van der Waals surface area contributed by atoms with E-state index >= 15 is 0 Å². The minimum atomic E-state index is -0.948. The van der Waals surface area contributed by atoms with Gasteiger partial charge in [0.1, 0.15) is 11.3 Å². The van der Waals surface area contributed by atoms with E-state index in [1.807, 2.05) is 11.8 Å². The van der Waals surface area contributed by atoms with Crippen LogP contribution in [0.5, 0.6) is 0 Å². The van der Waals surface area contributed by atoms with Gasteiger partial charge in [0.2, 0.25) is 5.91 Å². The van der Waals surface area contributed by atoms with Gasteiger partial charge in [0.15, 0.2) is 11.6 Å². The molecule has 0 bridgehead atoms. The first-order valence-electron chi connectivity index (χ1n) is 13.0. The second-order valence-electron chi connectivity index (χ2n) is 9.78. The highest BCUT2D eigenvalue weighted by atomic mass is 19.1. The summed E-state index contributed by atoms with van der Waals surface area (Å²) in [5.41, 5.74) is 0.794. The number of hydrogen-bond acceptors (Lipinski definition) is 5. The molecule has 3 atom stereocenters. The number of benzene rings is 1. The summed E-state index contributed by atoms with van der Waals surface area (Å²) in [6, 6.07) is 3.53. The van der Waals surface area contributed by atoms with Crippen molar-refractivity contribution in [1.29, 1.82) is 0 Å². The summed E-state index contributed by atoms with van der Waals surface area (Å²) in [5.74, 6) is -0.637. The molecular weight excluding hydrogens is 465 g/mol. The Morgan fingerprint density at radius 2 is 1.97 bits per heavy atom. The SMILES string of the molecule is CC[C@H]1CCCCN1C(=O)C[C@H](NC(=O)N1CCOCC1)C(=O)C[C@@H](C)c1nc2c(F)cccc2[nH]1. The number of aromatic nitrogens is 2. The molecule has 3 heterocycles. The van der Waals surface area contributed by atoms with Crippen molar-refractivity contribution in [1.82, 2.24) is 25.1 Å². The number of likely N-dealkylation sites (tertiary alicyclic amines) is 1. The molecule has 4 rings (SSSR count). The molecule has 0 unspecified atom stereocenters. The van der Waals surface area contributed by atoms with Crippen molar-refractivity contribution >= 4 is 28.8 Å². The highest BCUT2D eigenvalue weighted by Crippen LogP contribution is 2.24. The van der Waals surface area contributed by atoms with Crippen LogP contribution in [0.15, 0.2) is 18.2 Å². The van der Waals surface area contributed by atoms with Crippen molar-refractivity contribution in [2.24, 2.45) is 0 Å². The number of aromatic amines is 1. The van der Waals surface area contributed by atoms with E-state index in [-0.39, 0.29) is 48.0 Å². The lowest BCUT2D eigenvalue weighted by atomic mass is 9.95. The zero-order chi connectivity index (χ0) is 25.7. The van der Waals surface area contributed by atoms with Gasteiger partial charge >= 0.3 is 6.03 Å². The van der Waals surface area contributed by atoms with E-state index < -0.39 is 11.9 Å². The number of hydrogen-bond donors (Lipinski definition) is 2. The van der Waals surface area contributed by atoms with Crippen molar-refractivity contribution in [3.63, 3.8) is 0 Å². The molecule has 3 amide bonds. The van der Waals surface area contributed by atoms with Gasteiger partial charge < -0.3 is 24.8 Å². The van der Waals surface area contributed by atoms with Gasteiger partial charge in [-0.3, -0.25) is 9.59 Å². The van der Waals surface area contributed by atoms with Crippen LogP contribution in [0.2, 0.25) is 0 Å². The van der Waals surface area contributed by atoms with Crippen LogP contribution in [0, 0.1) is 5.82 Å². The van der Waals surface area contributed by atoms with Crippen LogP contribution in [0.3, 0.4) is 0 Å². The van der Waals surface area contributed by atoms with Crippen LogP contribution >= 0.6 is 0 Å². The van der Waals surface area contributed by atoms with Crippen molar-refractivity contribution in [3.05, 3.63) is 29.8 Å². The van der Waals surface area contributed by atoms with E-state index in [0.29, 0.717) is 44.2 Å². The van der Waals surface area contributed by atoms with E-state index in [1.165, 1.54) is 6.07 Å². The number of amides is 3. The van der Waals surface area contributed by atoms with Gasteiger partial charge in [-0.25, -0.2) is 14.2 Å². The van der Waals surface area contributed by atoms with Crippen LogP contribution in [-0.2, 0) is 14.3 Å². The fraction of sp³-hybridized carbons (Fsp3) is 0.615. The lowest BCUT2D eigenvalue weighted by Gasteiger charge is -2.36. The number of ketones is 1. The summed E-state index contributed by atoms with van der Waals surface area (Å²) in [6.07, 6.45) is 3.84. The molecule has 0 spiro atoms. The number of nitrogens with one attached hydrogen (secondary N) is 2. The maximum absolute atomic E-state index is 14.1. The van der Waals surface area contributed by atoms with Gasteiger partial charge in [-0.15, -0.1) is 0 Å². The summed E-state index contributed by atoms with van der Waals surface area (Å²) >= 11 is 0. The molecular formula is C26H36FN5O4. The minimum absolute atomic E-state index is 0.0555. The number of urea groups is 1. The third kappa shape index (κ3) is 6.03. The Bertz CT molecular complexity index is 1080. The standard InChI is InChI=1S/C26H36FN5O4/c1-3-18-7-4-5-10-32(18)23(34)16-21(29-26(35)31-11-13-36-14-12-31)22(33)15-17(2)25-28-20-9-6-8-19(27)24(20)30-25/h6,8-9,17-18,21H,3-5,7,10-16H2,1-2H3,(H,28,30)(H,29,35)/t17-,18+,21+/m1/s1. The Morgan fingerprint density at radius 1 is 1.19 bits per heavy atom. The van der Waals surface area contributed by atoms with Crippen molar-refractivity contribution in [2.45, 2.75) is 70.4 Å². The number of carbonyl (C=O) groups is 3. The Kier molecular flexibility index (Phi) is 8.56. The summed E-state index contributed by atoms with van der Waals surface area (Å²) in [4.78, 5) is 50.6. The van der Waals surface area contributed by atoms with Crippen LogP contribution in [-0.4, -0.2) is 82.4 Å². The number of fused-ring (bicyclic) bond motifs is 1. The fourth-order valence-corrected chi connectivity index (χ4v) is 5.09. The van der Waals surface area contributed by atoms with Gasteiger partial charge in [-0.05, 0) is 37.8 Å². The van der Waals surface area contributed by atoms with Gasteiger partial charge in [0, 0.05) is 38.0 Å². The molecule has 2 N–H and O–H groups in total. The van der Waals surface area contributed by atoms with Crippen LogP contribution in [0.4, 0.5) is 9.18 Å². The molecule has 36 heavy (non-hydrogen) atoms. The maximum Gasteiger partial charge on any atom is 0.318 e. The number of halogens is 1. The van der Waals surface area contributed by atoms with Crippen LogP contribution < -0.4 is 5.32 Å². The fourth-order valence-electron chi connectivity index (χ4n) is 5.09. The average molecular weight is 502 g/mol.